The molecule has 1 fully saturated rings. The SMILES string of the molecule is Cc1ccc(NC(=O)c2ccc(CN3CCN(C)CC3)c(C(F)(F)F)c2)cc1Oc1nc(-c2cccnc2)nc2ccsc12. The second kappa shape index (κ2) is 12.3. The normalized spacial score (nSPS) is 14.6. The van der Waals surface area contributed by atoms with Crippen LogP contribution in [0.1, 0.15) is 27.0 Å². The van der Waals surface area contributed by atoms with Gasteiger partial charge in [0.25, 0.3) is 5.91 Å². The molecule has 2 aromatic carbocycles. The number of aryl methyl sites for hydroxylation is 1. The van der Waals surface area contributed by atoms with Crippen molar-refractivity contribution >= 4 is 33.1 Å². The molecule has 1 amide bonds. The summed E-state index contributed by atoms with van der Waals surface area (Å²) in [6.45, 7) is 4.99. The van der Waals surface area contributed by atoms with E-state index in [2.05, 4.69) is 25.2 Å². The Bertz CT molecular complexity index is 1800. The zero-order valence-electron chi connectivity index (χ0n) is 24.1. The van der Waals surface area contributed by atoms with Crippen molar-refractivity contribution in [1.82, 2.24) is 24.8 Å². The molecule has 1 aliphatic rings. The zero-order valence-corrected chi connectivity index (χ0v) is 24.9. The number of pyridine rings is 1. The lowest BCUT2D eigenvalue weighted by Crippen LogP contribution is -2.44. The Morgan fingerprint density at radius 1 is 1.05 bits per heavy atom. The second-order valence-corrected chi connectivity index (χ2v) is 11.6. The number of carbonyl (C=O) groups is 1. The number of fused-ring (bicyclic) bond motifs is 1. The number of aromatic nitrogens is 3. The quantitative estimate of drug-likeness (QED) is 0.213. The highest BCUT2D eigenvalue weighted by molar-refractivity contribution is 7.17. The van der Waals surface area contributed by atoms with E-state index in [-0.39, 0.29) is 17.7 Å². The Balaban J connectivity index is 1.23. The van der Waals surface area contributed by atoms with Crippen molar-refractivity contribution in [2.75, 3.05) is 38.5 Å². The van der Waals surface area contributed by atoms with Crippen LogP contribution in [0, 0.1) is 6.92 Å². The number of halogens is 3. The Morgan fingerprint density at radius 3 is 2.61 bits per heavy atom. The molecule has 1 N–H and O–H groups in total. The minimum Gasteiger partial charge on any atom is -0.437 e. The second-order valence-electron chi connectivity index (χ2n) is 10.7. The Morgan fingerprint density at radius 2 is 1.86 bits per heavy atom. The van der Waals surface area contributed by atoms with E-state index in [1.54, 1.807) is 36.7 Å². The zero-order chi connectivity index (χ0) is 30.8. The summed E-state index contributed by atoms with van der Waals surface area (Å²) in [5.41, 5.74) is 1.87. The number of hydrogen-bond acceptors (Lipinski definition) is 8. The molecule has 0 spiro atoms. The molecule has 226 valence electrons. The van der Waals surface area contributed by atoms with Crippen LogP contribution in [0.15, 0.2) is 72.4 Å². The van der Waals surface area contributed by atoms with Crippen molar-refractivity contribution in [3.05, 3.63) is 94.6 Å². The summed E-state index contributed by atoms with van der Waals surface area (Å²) in [5.74, 6) is 0.587. The number of thiophene rings is 1. The number of likely N-dealkylation sites (N-methyl/N-ethyl adjacent to an activating group) is 1. The maximum Gasteiger partial charge on any atom is 0.416 e. The number of rotatable bonds is 7. The van der Waals surface area contributed by atoms with Crippen LogP contribution in [-0.4, -0.2) is 63.9 Å². The van der Waals surface area contributed by atoms with E-state index in [0.29, 0.717) is 36.2 Å². The minimum atomic E-state index is -4.59. The maximum absolute atomic E-state index is 14.1. The van der Waals surface area contributed by atoms with E-state index >= 15 is 0 Å². The van der Waals surface area contributed by atoms with Gasteiger partial charge in [-0.15, -0.1) is 11.3 Å². The number of amides is 1. The van der Waals surface area contributed by atoms with Crippen LogP contribution < -0.4 is 10.1 Å². The molecule has 12 heteroatoms. The number of carbonyl (C=O) groups excluding carboxylic acids is 1. The van der Waals surface area contributed by atoms with Crippen LogP contribution in [0.3, 0.4) is 0 Å². The molecule has 5 aromatic rings. The van der Waals surface area contributed by atoms with Crippen LogP contribution in [0.25, 0.3) is 21.6 Å². The van der Waals surface area contributed by atoms with Gasteiger partial charge >= 0.3 is 6.18 Å². The molecule has 0 radical (unpaired) electrons. The highest BCUT2D eigenvalue weighted by Gasteiger charge is 2.34. The fourth-order valence-electron chi connectivity index (χ4n) is 4.99. The fraction of sp³-hybridized carbons (Fsp3) is 0.250. The number of benzene rings is 2. The van der Waals surface area contributed by atoms with Crippen LogP contribution >= 0.6 is 11.3 Å². The third kappa shape index (κ3) is 6.57. The molecule has 0 unspecified atom stereocenters. The third-order valence-corrected chi connectivity index (χ3v) is 8.40. The first-order valence-electron chi connectivity index (χ1n) is 14.0. The average molecular weight is 619 g/mol. The van der Waals surface area contributed by atoms with Gasteiger partial charge in [-0.3, -0.25) is 14.7 Å². The number of hydrogen-bond donors (Lipinski definition) is 1. The Hall–Kier alpha value is -4.39. The number of ether oxygens (including phenoxy) is 1. The van der Waals surface area contributed by atoms with E-state index in [4.69, 9.17) is 4.74 Å². The first-order valence-corrected chi connectivity index (χ1v) is 14.9. The van der Waals surface area contributed by atoms with E-state index in [9.17, 15) is 18.0 Å². The van der Waals surface area contributed by atoms with Gasteiger partial charge in [-0.05, 0) is 66.9 Å². The molecule has 1 saturated heterocycles. The lowest BCUT2D eigenvalue weighted by molar-refractivity contribution is -0.138. The van der Waals surface area contributed by atoms with Gasteiger partial charge in [0.15, 0.2) is 5.82 Å². The van der Waals surface area contributed by atoms with Crippen LogP contribution in [0.5, 0.6) is 11.6 Å². The standard InChI is InChI=1S/C32H29F3N6O2S/c1-20-5-8-24(17-27(20)43-31-28-26(9-15-44-28)38-29(39-31)22-4-3-10-36-18-22)37-30(42)21-6-7-23(25(16-21)32(33,34)35)19-41-13-11-40(2)12-14-41/h3-10,15-18H,11-14,19H2,1-2H3,(H,37,42). The first-order chi connectivity index (χ1) is 21.1. The van der Waals surface area contributed by atoms with Crippen molar-refractivity contribution in [2.24, 2.45) is 0 Å². The minimum absolute atomic E-state index is 0.0836. The Kier molecular flexibility index (Phi) is 8.30. The molecular formula is C32H29F3N6O2S. The van der Waals surface area contributed by atoms with Crippen molar-refractivity contribution in [2.45, 2.75) is 19.6 Å². The van der Waals surface area contributed by atoms with Gasteiger partial charge in [0.05, 0.1) is 11.1 Å². The van der Waals surface area contributed by atoms with Gasteiger partial charge in [-0.2, -0.15) is 18.2 Å². The van der Waals surface area contributed by atoms with E-state index in [0.717, 1.165) is 40.5 Å². The molecule has 0 bridgehead atoms. The number of alkyl halides is 3. The van der Waals surface area contributed by atoms with Crippen LogP contribution in [0.4, 0.5) is 18.9 Å². The van der Waals surface area contributed by atoms with Crippen molar-refractivity contribution in [3.63, 3.8) is 0 Å². The topological polar surface area (TPSA) is 83.5 Å². The Labute approximate surface area is 256 Å². The van der Waals surface area contributed by atoms with Gasteiger partial charge in [-0.25, -0.2) is 4.98 Å². The highest BCUT2D eigenvalue weighted by atomic mass is 32.1. The van der Waals surface area contributed by atoms with Crippen LogP contribution in [-0.2, 0) is 12.7 Å². The molecule has 0 atom stereocenters. The highest BCUT2D eigenvalue weighted by Crippen LogP contribution is 2.36. The molecule has 3 aromatic heterocycles. The summed E-state index contributed by atoms with van der Waals surface area (Å²) in [5, 5.41) is 4.62. The van der Waals surface area contributed by atoms with E-state index in [1.807, 2.05) is 36.4 Å². The molecular weight excluding hydrogens is 589 g/mol. The van der Waals surface area contributed by atoms with E-state index < -0.39 is 17.6 Å². The fourth-order valence-corrected chi connectivity index (χ4v) is 5.75. The molecule has 6 rings (SSSR count). The summed E-state index contributed by atoms with van der Waals surface area (Å²) in [4.78, 5) is 30.7. The molecule has 0 saturated carbocycles. The third-order valence-electron chi connectivity index (χ3n) is 7.51. The molecule has 4 heterocycles. The number of nitrogens with zero attached hydrogens (tertiary/aromatic N) is 5. The predicted octanol–water partition coefficient (Wildman–Crippen LogP) is 6.87. The summed E-state index contributed by atoms with van der Waals surface area (Å²) >= 11 is 1.44. The molecule has 8 nitrogen and oxygen atoms in total. The largest absolute Gasteiger partial charge is 0.437 e. The van der Waals surface area contributed by atoms with Gasteiger partial charge in [0.2, 0.25) is 5.88 Å². The summed E-state index contributed by atoms with van der Waals surface area (Å²) < 4.78 is 49.2. The number of nitrogens with one attached hydrogen (secondary N) is 1. The van der Waals surface area contributed by atoms with Gasteiger partial charge in [0.1, 0.15) is 10.4 Å². The predicted molar refractivity (Wildman–Crippen MR) is 164 cm³/mol. The lowest BCUT2D eigenvalue weighted by atomic mass is 10.0. The average Bonchev–Trinajstić information content (AvgIpc) is 3.49. The van der Waals surface area contributed by atoms with Crippen molar-refractivity contribution in [3.8, 4) is 23.0 Å². The smallest absolute Gasteiger partial charge is 0.416 e. The summed E-state index contributed by atoms with van der Waals surface area (Å²) in [7, 11) is 1.99. The maximum atomic E-state index is 14.1. The van der Waals surface area contributed by atoms with E-state index in [1.165, 1.54) is 23.5 Å². The van der Waals surface area contributed by atoms with Gasteiger partial charge < -0.3 is 15.0 Å². The number of piperazine rings is 1. The molecule has 1 aliphatic heterocycles. The lowest BCUT2D eigenvalue weighted by Gasteiger charge is -2.33. The van der Waals surface area contributed by atoms with Crippen molar-refractivity contribution < 1.29 is 22.7 Å². The molecule has 0 aliphatic carbocycles. The summed E-state index contributed by atoms with van der Waals surface area (Å²) in [6.07, 6.45) is -1.26. The summed E-state index contributed by atoms with van der Waals surface area (Å²) in [6, 6.07) is 14.4. The molecule has 44 heavy (non-hydrogen) atoms. The monoisotopic (exact) mass is 618 g/mol. The van der Waals surface area contributed by atoms with Gasteiger partial charge in [-0.1, -0.05) is 12.1 Å². The van der Waals surface area contributed by atoms with Crippen molar-refractivity contribution in [1.29, 1.82) is 0 Å². The number of anilines is 1. The first kappa shape index (κ1) is 29.7. The van der Waals surface area contributed by atoms with Crippen LogP contribution in [0.2, 0.25) is 0 Å². The van der Waals surface area contributed by atoms with Gasteiger partial charge in [0, 0.05) is 68.0 Å².